The van der Waals surface area contributed by atoms with E-state index in [1.807, 2.05) is 27.8 Å². The number of hydrogen-bond donors (Lipinski definition) is 2. The fraction of sp³-hybridized carbons (Fsp3) is 0.867. The summed E-state index contributed by atoms with van der Waals surface area (Å²) in [6.45, 7) is 14.9. The first-order chi connectivity index (χ1) is 8.12. The Morgan fingerprint density at radius 2 is 1.59 bits per heavy atom. The van der Waals surface area contributed by atoms with E-state index in [0.717, 1.165) is 6.42 Å². The monoisotopic (exact) mass is 244 g/mol. The molecule has 0 bridgehead atoms. The highest BCUT2D eigenvalue weighted by molar-refractivity contribution is 4.96. The van der Waals surface area contributed by atoms with E-state index in [-0.39, 0.29) is 0 Å². The molecule has 0 saturated carbocycles. The van der Waals surface area contributed by atoms with E-state index in [9.17, 15) is 0 Å². The zero-order chi connectivity index (χ0) is 14.1. The van der Waals surface area contributed by atoms with E-state index in [0.29, 0.717) is 5.92 Å². The summed E-state index contributed by atoms with van der Waals surface area (Å²) in [5.74, 6) is 0.715. The molecule has 0 aromatic heterocycles. The van der Waals surface area contributed by atoms with Crippen LogP contribution in [0.4, 0.5) is 0 Å². The third kappa shape index (κ3) is 25.6. The smallest absolute Gasteiger partial charge is 0.0221 e. The average molecular weight is 244 g/mol. The van der Waals surface area contributed by atoms with Crippen LogP contribution in [-0.2, 0) is 0 Å². The molecule has 17 heavy (non-hydrogen) atoms. The molecule has 0 heterocycles. The van der Waals surface area contributed by atoms with Gasteiger partial charge in [-0.05, 0) is 19.3 Å². The maximum Gasteiger partial charge on any atom is 0.0221 e. The van der Waals surface area contributed by atoms with Crippen LogP contribution in [0.15, 0.2) is 11.8 Å². The lowest BCUT2D eigenvalue weighted by atomic mass is 10.1. The molecular weight excluding hydrogens is 208 g/mol. The molecular formula is C15H36N2. The third-order valence-electron chi connectivity index (χ3n) is 1.97. The first-order valence-electron chi connectivity index (χ1n) is 7.20. The number of hydrazine groups is 1. The molecule has 0 aliphatic heterocycles. The van der Waals surface area contributed by atoms with Gasteiger partial charge in [0.2, 0.25) is 0 Å². The summed E-state index contributed by atoms with van der Waals surface area (Å²) in [5.41, 5.74) is 7.24. The van der Waals surface area contributed by atoms with Crippen LogP contribution in [0.3, 0.4) is 0 Å². The number of allylic oxidation sites excluding steroid dienone is 2. The van der Waals surface area contributed by atoms with Crippen molar-refractivity contribution >= 4 is 0 Å². The van der Waals surface area contributed by atoms with E-state index < -0.39 is 0 Å². The van der Waals surface area contributed by atoms with E-state index in [1.54, 1.807) is 0 Å². The van der Waals surface area contributed by atoms with E-state index >= 15 is 0 Å². The van der Waals surface area contributed by atoms with Gasteiger partial charge in [-0.25, -0.2) is 5.43 Å². The predicted molar refractivity (Wildman–Crippen MR) is 82.0 cm³/mol. The molecule has 0 radical (unpaired) electrons. The van der Waals surface area contributed by atoms with Crippen molar-refractivity contribution in [3.63, 3.8) is 0 Å². The SMILES string of the molecule is C/C=C(/CC(C)C)NNC.CC.CCCCC. The Hall–Kier alpha value is -0.500. The lowest BCUT2D eigenvalue weighted by Crippen LogP contribution is -2.27. The highest BCUT2D eigenvalue weighted by Crippen LogP contribution is 2.06. The molecule has 0 spiro atoms. The minimum absolute atomic E-state index is 0.715. The van der Waals surface area contributed by atoms with Gasteiger partial charge >= 0.3 is 0 Å². The van der Waals surface area contributed by atoms with Gasteiger partial charge in [-0.2, -0.15) is 0 Å². The van der Waals surface area contributed by atoms with Gasteiger partial charge in [-0.3, -0.25) is 0 Å². The molecule has 0 atom stereocenters. The minimum atomic E-state index is 0.715. The van der Waals surface area contributed by atoms with Gasteiger partial charge in [0.05, 0.1) is 0 Å². The van der Waals surface area contributed by atoms with Crippen molar-refractivity contribution in [1.29, 1.82) is 0 Å². The second-order valence-electron chi connectivity index (χ2n) is 4.14. The molecule has 0 aromatic rings. The van der Waals surface area contributed by atoms with Gasteiger partial charge in [0, 0.05) is 12.7 Å². The van der Waals surface area contributed by atoms with Crippen molar-refractivity contribution in [3.8, 4) is 0 Å². The van der Waals surface area contributed by atoms with Crippen LogP contribution in [0.2, 0.25) is 0 Å². The van der Waals surface area contributed by atoms with Crippen LogP contribution < -0.4 is 10.9 Å². The molecule has 0 saturated heterocycles. The highest BCUT2D eigenvalue weighted by atomic mass is 15.3. The minimum Gasteiger partial charge on any atom is -0.326 e. The molecule has 106 valence electrons. The topological polar surface area (TPSA) is 24.1 Å². The number of hydrogen-bond acceptors (Lipinski definition) is 2. The lowest BCUT2D eigenvalue weighted by molar-refractivity contribution is 0.570. The Bertz CT molecular complexity index is 138. The van der Waals surface area contributed by atoms with Gasteiger partial charge in [0.15, 0.2) is 0 Å². The molecule has 2 heteroatoms. The van der Waals surface area contributed by atoms with Crippen LogP contribution in [0.1, 0.15) is 74.1 Å². The normalized spacial score (nSPS) is 10.1. The fourth-order valence-electron chi connectivity index (χ4n) is 1.19. The summed E-state index contributed by atoms with van der Waals surface area (Å²) in [6, 6.07) is 0. The summed E-state index contributed by atoms with van der Waals surface area (Å²) in [7, 11) is 1.88. The lowest BCUT2D eigenvalue weighted by Gasteiger charge is -2.10. The molecule has 0 unspecified atom stereocenters. The number of nitrogens with one attached hydrogen (secondary N) is 2. The largest absolute Gasteiger partial charge is 0.326 e. The van der Waals surface area contributed by atoms with E-state index in [4.69, 9.17) is 0 Å². The van der Waals surface area contributed by atoms with Crippen molar-refractivity contribution in [1.82, 2.24) is 10.9 Å². The third-order valence-corrected chi connectivity index (χ3v) is 1.97. The van der Waals surface area contributed by atoms with Crippen molar-refractivity contribution in [2.24, 2.45) is 5.92 Å². The molecule has 0 amide bonds. The van der Waals surface area contributed by atoms with Crippen molar-refractivity contribution in [2.45, 2.75) is 74.1 Å². The quantitative estimate of drug-likeness (QED) is 0.651. The molecule has 2 nitrogen and oxygen atoms in total. The van der Waals surface area contributed by atoms with E-state index in [2.05, 4.69) is 44.6 Å². The molecule has 0 aliphatic rings. The van der Waals surface area contributed by atoms with Gasteiger partial charge in [-0.1, -0.05) is 66.9 Å². The Balaban J connectivity index is -0.000000236. The summed E-state index contributed by atoms with van der Waals surface area (Å²) < 4.78 is 0. The van der Waals surface area contributed by atoms with Gasteiger partial charge in [0.25, 0.3) is 0 Å². The Kier molecular flexibility index (Phi) is 26.7. The van der Waals surface area contributed by atoms with Crippen LogP contribution in [-0.4, -0.2) is 7.05 Å². The maximum atomic E-state index is 3.07. The summed E-state index contributed by atoms with van der Waals surface area (Å²) >= 11 is 0. The zero-order valence-corrected chi connectivity index (χ0v) is 13.5. The van der Waals surface area contributed by atoms with Crippen molar-refractivity contribution in [3.05, 3.63) is 11.8 Å². The molecule has 0 fully saturated rings. The van der Waals surface area contributed by atoms with Gasteiger partial charge in [0.1, 0.15) is 0 Å². The van der Waals surface area contributed by atoms with Gasteiger partial charge in [-0.15, -0.1) is 0 Å². The molecule has 2 N–H and O–H groups in total. The Morgan fingerprint density at radius 1 is 1.12 bits per heavy atom. The Morgan fingerprint density at radius 3 is 1.76 bits per heavy atom. The molecule has 0 aliphatic carbocycles. The average Bonchev–Trinajstić information content (AvgIpc) is 2.32. The number of rotatable bonds is 6. The fourth-order valence-corrected chi connectivity index (χ4v) is 1.19. The number of unbranched alkanes of at least 4 members (excludes halogenated alkanes) is 2. The zero-order valence-electron chi connectivity index (χ0n) is 13.5. The second kappa shape index (κ2) is 20.9. The van der Waals surface area contributed by atoms with E-state index in [1.165, 1.54) is 25.0 Å². The van der Waals surface area contributed by atoms with Crippen molar-refractivity contribution < 1.29 is 0 Å². The highest BCUT2D eigenvalue weighted by Gasteiger charge is 1.96. The Labute approximate surface area is 110 Å². The second-order valence-corrected chi connectivity index (χ2v) is 4.14. The van der Waals surface area contributed by atoms with Gasteiger partial charge < -0.3 is 5.43 Å². The first kappa shape index (κ1) is 21.8. The van der Waals surface area contributed by atoms with Crippen LogP contribution >= 0.6 is 0 Å². The first-order valence-corrected chi connectivity index (χ1v) is 7.20. The summed E-state index contributed by atoms with van der Waals surface area (Å²) in [4.78, 5) is 0. The summed E-state index contributed by atoms with van der Waals surface area (Å²) in [5, 5.41) is 0. The standard InChI is InChI=1S/C8H18N2.C5H12.C2H6/c1-5-8(10-9-4)6-7(2)3;1-3-5-4-2;1-2/h5,7,9-10H,6H2,1-4H3;3-5H2,1-2H3;1-2H3/b8-5-;;. The van der Waals surface area contributed by atoms with Crippen LogP contribution in [0.25, 0.3) is 0 Å². The van der Waals surface area contributed by atoms with Crippen molar-refractivity contribution in [2.75, 3.05) is 7.05 Å². The predicted octanol–water partition coefficient (Wildman–Crippen LogP) is 4.88. The van der Waals surface area contributed by atoms with Crippen LogP contribution in [0, 0.1) is 5.92 Å². The molecule has 0 aromatic carbocycles. The van der Waals surface area contributed by atoms with Crippen LogP contribution in [0.5, 0.6) is 0 Å². The maximum absolute atomic E-state index is 3.07. The molecule has 0 rings (SSSR count). The summed E-state index contributed by atoms with van der Waals surface area (Å²) in [6.07, 6.45) is 7.28.